The molecule has 0 aliphatic carbocycles. The number of carbonyl (C=O) groups excluding carboxylic acids is 1. The zero-order chi connectivity index (χ0) is 14.8. The second-order valence-corrected chi connectivity index (χ2v) is 5.54. The Morgan fingerprint density at radius 1 is 1.24 bits per heavy atom. The molecule has 0 saturated carbocycles. The van der Waals surface area contributed by atoms with Crippen molar-refractivity contribution in [3.8, 4) is 0 Å². The van der Waals surface area contributed by atoms with Gasteiger partial charge in [-0.15, -0.1) is 0 Å². The van der Waals surface area contributed by atoms with Crippen molar-refractivity contribution < 1.29 is 9.32 Å². The van der Waals surface area contributed by atoms with E-state index in [1.165, 1.54) is 5.69 Å². The first-order valence-corrected chi connectivity index (χ1v) is 7.29. The number of Topliss-reactive ketones (excluding diaryl/α,β-unsaturated/α-hetero) is 1. The van der Waals surface area contributed by atoms with Crippen molar-refractivity contribution in [2.75, 3.05) is 18.0 Å². The largest absolute Gasteiger partial charge is 0.371 e. The fourth-order valence-corrected chi connectivity index (χ4v) is 2.77. The number of aryl methyl sites for hydroxylation is 1. The third-order valence-corrected chi connectivity index (χ3v) is 4.03. The van der Waals surface area contributed by atoms with E-state index < -0.39 is 0 Å². The quantitative estimate of drug-likeness (QED) is 0.811. The molecule has 1 aliphatic heterocycles. The van der Waals surface area contributed by atoms with E-state index in [-0.39, 0.29) is 5.78 Å². The first kappa shape index (κ1) is 13.8. The summed E-state index contributed by atoms with van der Waals surface area (Å²) >= 11 is 0. The van der Waals surface area contributed by atoms with Gasteiger partial charge >= 0.3 is 0 Å². The fraction of sp³-hybridized carbons (Fsp3) is 0.438. The van der Waals surface area contributed by atoms with Crippen molar-refractivity contribution in [2.24, 2.45) is 0 Å². The normalized spacial score (nSPS) is 16.2. The zero-order valence-electron chi connectivity index (χ0n) is 12.4. The molecular formula is C16H19N3O2. The van der Waals surface area contributed by atoms with Crippen molar-refractivity contribution in [1.82, 2.24) is 10.1 Å². The van der Waals surface area contributed by atoms with Gasteiger partial charge in [-0.2, -0.15) is 4.98 Å². The van der Waals surface area contributed by atoms with E-state index in [9.17, 15) is 4.79 Å². The van der Waals surface area contributed by atoms with Gasteiger partial charge in [0.15, 0.2) is 11.6 Å². The number of aromatic nitrogens is 2. The van der Waals surface area contributed by atoms with Crippen LogP contribution in [0.25, 0.3) is 0 Å². The van der Waals surface area contributed by atoms with Crippen molar-refractivity contribution >= 4 is 11.5 Å². The van der Waals surface area contributed by atoms with E-state index in [1.807, 2.05) is 31.2 Å². The maximum absolute atomic E-state index is 11.3. The van der Waals surface area contributed by atoms with Crippen LogP contribution in [0.4, 0.5) is 5.69 Å². The molecule has 3 rings (SSSR count). The molecule has 0 amide bonds. The number of piperidine rings is 1. The molecule has 1 aromatic carbocycles. The first-order chi connectivity index (χ1) is 10.1. The SMILES string of the molecule is CC(=O)c1ccc(N2CCC(c3nc(C)no3)CC2)cc1. The minimum absolute atomic E-state index is 0.104. The minimum Gasteiger partial charge on any atom is -0.371 e. The monoisotopic (exact) mass is 285 g/mol. The third kappa shape index (κ3) is 2.96. The summed E-state index contributed by atoms with van der Waals surface area (Å²) < 4.78 is 5.27. The lowest BCUT2D eigenvalue weighted by Gasteiger charge is -2.32. The highest BCUT2D eigenvalue weighted by Crippen LogP contribution is 2.29. The van der Waals surface area contributed by atoms with Crippen LogP contribution in [0, 0.1) is 6.92 Å². The van der Waals surface area contributed by atoms with E-state index in [0.29, 0.717) is 11.7 Å². The van der Waals surface area contributed by atoms with Gasteiger partial charge in [0.05, 0.1) is 0 Å². The van der Waals surface area contributed by atoms with E-state index in [2.05, 4.69) is 15.0 Å². The van der Waals surface area contributed by atoms with Gasteiger partial charge in [-0.3, -0.25) is 4.79 Å². The Bertz CT molecular complexity index is 625. The second-order valence-electron chi connectivity index (χ2n) is 5.54. The molecule has 0 N–H and O–H groups in total. The minimum atomic E-state index is 0.104. The lowest BCUT2D eigenvalue weighted by molar-refractivity contribution is 0.101. The van der Waals surface area contributed by atoms with E-state index >= 15 is 0 Å². The van der Waals surface area contributed by atoms with Crippen LogP contribution in [0.2, 0.25) is 0 Å². The molecular weight excluding hydrogens is 266 g/mol. The molecule has 0 atom stereocenters. The molecule has 0 unspecified atom stereocenters. The number of carbonyl (C=O) groups is 1. The van der Waals surface area contributed by atoms with Gasteiger partial charge in [0, 0.05) is 30.3 Å². The number of nitrogens with zero attached hydrogens (tertiary/aromatic N) is 3. The lowest BCUT2D eigenvalue weighted by Crippen LogP contribution is -2.32. The van der Waals surface area contributed by atoms with E-state index in [1.54, 1.807) is 6.92 Å². The van der Waals surface area contributed by atoms with Crippen LogP contribution >= 0.6 is 0 Å². The molecule has 0 radical (unpaired) electrons. The van der Waals surface area contributed by atoms with Crippen LogP contribution in [0.15, 0.2) is 28.8 Å². The van der Waals surface area contributed by atoms with Gasteiger partial charge < -0.3 is 9.42 Å². The molecule has 2 heterocycles. The van der Waals surface area contributed by atoms with Crippen molar-refractivity contribution in [3.63, 3.8) is 0 Å². The van der Waals surface area contributed by atoms with E-state index in [4.69, 9.17) is 4.52 Å². The second kappa shape index (κ2) is 5.68. The Labute approximate surface area is 124 Å². The average Bonchev–Trinajstić information content (AvgIpc) is 2.94. The summed E-state index contributed by atoms with van der Waals surface area (Å²) in [6.07, 6.45) is 2.02. The molecule has 1 fully saturated rings. The highest BCUT2D eigenvalue weighted by atomic mass is 16.5. The molecule has 0 spiro atoms. The Kier molecular flexibility index (Phi) is 3.73. The standard InChI is InChI=1S/C16H19N3O2/c1-11(20)13-3-5-15(6-4-13)19-9-7-14(8-10-19)16-17-12(2)18-21-16/h3-6,14H,7-10H2,1-2H3. The fourth-order valence-electron chi connectivity index (χ4n) is 2.77. The number of hydrogen-bond donors (Lipinski definition) is 0. The van der Waals surface area contributed by atoms with Gasteiger partial charge in [-0.05, 0) is 51.0 Å². The predicted molar refractivity (Wildman–Crippen MR) is 79.7 cm³/mol. The molecule has 2 aromatic rings. The summed E-state index contributed by atoms with van der Waals surface area (Å²) in [4.78, 5) is 18.0. The summed E-state index contributed by atoms with van der Waals surface area (Å²) in [6.45, 7) is 5.36. The van der Waals surface area contributed by atoms with Crippen molar-refractivity contribution in [2.45, 2.75) is 32.6 Å². The summed E-state index contributed by atoms with van der Waals surface area (Å²) in [6, 6.07) is 7.83. The molecule has 1 aromatic heterocycles. The Hall–Kier alpha value is -2.17. The van der Waals surface area contributed by atoms with E-state index in [0.717, 1.165) is 37.4 Å². The molecule has 1 saturated heterocycles. The summed E-state index contributed by atoms with van der Waals surface area (Å²) in [5.41, 5.74) is 1.93. The van der Waals surface area contributed by atoms with Gasteiger partial charge in [-0.1, -0.05) is 5.16 Å². The molecule has 0 bridgehead atoms. The van der Waals surface area contributed by atoms with Gasteiger partial charge in [-0.25, -0.2) is 0 Å². The highest BCUT2D eigenvalue weighted by molar-refractivity contribution is 5.94. The highest BCUT2D eigenvalue weighted by Gasteiger charge is 2.24. The topological polar surface area (TPSA) is 59.2 Å². The Balaban J connectivity index is 1.64. The zero-order valence-corrected chi connectivity index (χ0v) is 12.4. The third-order valence-electron chi connectivity index (χ3n) is 4.03. The maximum atomic E-state index is 11.3. The molecule has 1 aliphatic rings. The number of anilines is 1. The average molecular weight is 285 g/mol. The van der Waals surface area contributed by atoms with Crippen LogP contribution < -0.4 is 4.90 Å². The molecule has 5 nitrogen and oxygen atoms in total. The van der Waals surface area contributed by atoms with Gasteiger partial charge in [0.2, 0.25) is 5.89 Å². The summed E-state index contributed by atoms with van der Waals surface area (Å²) in [7, 11) is 0. The van der Waals surface area contributed by atoms with Gasteiger partial charge in [0.25, 0.3) is 0 Å². The number of rotatable bonds is 3. The van der Waals surface area contributed by atoms with Crippen LogP contribution in [0.5, 0.6) is 0 Å². The number of benzene rings is 1. The summed E-state index contributed by atoms with van der Waals surface area (Å²) in [5, 5.41) is 3.86. The van der Waals surface area contributed by atoms with Crippen molar-refractivity contribution in [1.29, 1.82) is 0 Å². The van der Waals surface area contributed by atoms with Crippen LogP contribution in [0.3, 0.4) is 0 Å². The van der Waals surface area contributed by atoms with Crippen molar-refractivity contribution in [3.05, 3.63) is 41.5 Å². The van der Waals surface area contributed by atoms with Crippen LogP contribution in [-0.2, 0) is 0 Å². The molecule has 110 valence electrons. The Morgan fingerprint density at radius 3 is 2.43 bits per heavy atom. The predicted octanol–water partition coefficient (Wildman–Crippen LogP) is 2.96. The molecule has 21 heavy (non-hydrogen) atoms. The van der Waals surface area contributed by atoms with Gasteiger partial charge in [0.1, 0.15) is 0 Å². The maximum Gasteiger partial charge on any atom is 0.229 e. The van der Waals surface area contributed by atoms with Crippen LogP contribution in [0.1, 0.15) is 47.8 Å². The van der Waals surface area contributed by atoms with Crippen LogP contribution in [-0.4, -0.2) is 29.0 Å². The Morgan fingerprint density at radius 2 is 1.90 bits per heavy atom. The lowest BCUT2D eigenvalue weighted by atomic mass is 9.96. The summed E-state index contributed by atoms with van der Waals surface area (Å²) in [5.74, 6) is 1.93. The number of hydrogen-bond acceptors (Lipinski definition) is 5. The molecule has 5 heteroatoms. The smallest absolute Gasteiger partial charge is 0.229 e. The first-order valence-electron chi connectivity index (χ1n) is 7.29. The number of ketones is 1.